The molecule has 0 radical (unpaired) electrons. The first kappa shape index (κ1) is 20.4. The summed E-state index contributed by atoms with van der Waals surface area (Å²) in [6, 6.07) is 13.6. The van der Waals surface area contributed by atoms with E-state index < -0.39 is 0 Å². The summed E-state index contributed by atoms with van der Waals surface area (Å²) in [6.07, 6.45) is 4.52. The van der Waals surface area contributed by atoms with Crippen molar-refractivity contribution in [2.75, 3.05) is 0 Å². The van der Waals surface area contributed by atoms with Crippen molar-refractivity contribution in [3.05, 3.63) is 71.0 Å². The van der Waals surface area contributed by atoms with Crippen molar-refractivity contribution in [1.29, 1.82) is 0 Å². The Labute approximate surface area is 170 Å². The molecule has 0 saturated carbocycles. The lowest BCUT2D eigenvalue weighted by Crippen LogP contribution is -2.32. The molecule has 0 amide bonds. The van der Waals surface area contributed by atoms with Crippen LogP contribution >= 0.6 is 0 Å². The average Bonchev–Trinajstić information content (AvgIpc) is 3.01. The molecule has 2 nitrogen and oxygen atoms in total. The molecular weight excluding hydrogens is 340 g/mol. The first-order valence-electron chi connectivity index (χ1n) is 10.5. The molecule has 0 aliphatic heterocycles. The van der Waals surface area contributed by atoms with Gasteiger partial charge in [0.2, 0.25) is 5.69 Å². The summed E-state index contributed by atoms with van der Waals surface area (Å²) >= 11 is 0. The van der Waals surface area contributed by atoms with Gasteiger partial charge in [-0.3, -0.25) is 0 Å². The highest BCUT2D eigenvalue weighted by atomic mass is 15.0. The number of pyridine rings is 1. The Hall–Kier alpha value is -2.35. The summed E-state index contributed by atoms with van der Waals surface area (Å²) in [5.41, 5.74) is 9.37. The lowest BCUT2D eigenvalue weighted by atomic mass is 9.92. The normalized spacial score (nSPS) is 11.8. The molecule has 2 heteroatoms. The van der Waals surface area contributed by atoms with E-state index in [0.717, 1.165) is 0 Å². The molecule has 0 aliphatic carbocycles. The largest absolute Gasteiger partial charge is 0.311 e. The van der Waals surface area contributed by atoms with Crippen LogP contribution in [0.15, 0.2) is 48.8 Å². The van der Waals surface area contributed by atoms with E-state index in [0.29, 0.717) is 17.8 Å². The van der Waals surface area contributed by atoms with Gasteiger partial charge in [-0.1, -0.05) is 59.7 Å². The molecule has 0 bridgehead atoms. The summed E-state index contributed by atoms with van der Waals surface area (Å²) < 4.78 is 4.70. The maximum absolute atomic E-state index is 2.42. The van der Waals surface area contributed by atoms with Gasteiger partial charge in [-0.2, -0.15) is 4.57 Å². The number of rotatable bonds is 5. The predicted molar refractivity (Wildman–Crippen MR) is 119 cm³/mol. The van der Waals surface area contributed by atoms with E-state index in [1.165, 1.54) is 39.3 Å². The van der Waals surface area contributed by atoms with Crippen LogP contribution in [0.2, 0.25) is 0 Å². The highest BCUT2D eigenvalue weighted by Gasteiger charge is 2.23. The first-order chi connectivity index (χ1) is 13.2. The van der Waals surface area contributed by atoms with E-state index in [4.69, 9.17) is 0 Å². The molecule has 0 saturated heterocycles. The van der Waals surface area contributed by atoms with E-state index in [1.54, 1.807) is 0 Å². The fourth-order valence-corrected chi connectivity index (χ4v) is 4.05. The van der Waals surface area contributed by atoms with Gasteiger partial charge in [0.05, 0.1) is 5.69 Å². The predicted octanol–water partition coefficient (Wildman–Crippen LogP) is 6.65. The van der Waals surface area contributed by atoms with Gasteiger partial charge in [0.1, 0.15) is 12.7 Å². The molecule has 28 heavy (non-hydrogen) atoms. The van der Waals surface area contributed by atoms with Gasteiger partial charge in [-0.05, 0) is 53.5 Å². The van der Waals surface area contributed by atoms with Gasteiger partial charge in [0.25, 0.3) is 0 Å². The molecule has 0 N–H and O–H groups in total. The fraction of sp³-hybridized carbons (Fsp3) is 0.423. The van der Waals surface area contributed by atoms with Crippen molar-refractivity contribution < 1.29 is 4.57 Å². The molecular formula is C26H35N2+. The fourth-order valence-electron chi connectivity index (χ4n) is 4.05. The van der Waals surface area contributed by atoms with Crippen LogP contribution in [0.3, 0.4) is 0 Å². The Balaban J connectivity index is 2.29. The van der Waals surface area contributed by atoms with E-state index in [1.807, 2.05) is 0 Å². The van der Waals surface area contributed by atoms with Crippen molar-refractivity contribution >= 4 is 0 Å². The highest BCUT2D eigenvalue weighted by molar-refractivity contribution is 5.64. The molecule has 148 valence electrons. The van der Waals surface area contributed by atoms with Crippen LogP contribution in [0.5, 0.6) is 0 Å². The lowest BCUT2D eigenvalue weighted by Gasteiger charge is -2.22. The topological polar surface area (TPSA) is 8.81 Å². The van der Waals surface area contributed by atoms with Crippen LogP contribution in [-0.4, -0.2) is 4.57 Å². The van der Waals surface area contributed by atoms with E-state index >= 15 is 0 Å². The third kappa shape index (κ3) is 3.65. The van der Waals surface area contributed by atoms with Crippen molar-refractivity contribution in [3.8, 4) is 17.1 Å². The van der Waals surface area contributed by atoms with Gasteiger partial charge in [0.15, 0.2) is 6.20 Å². The zero-order valence-electron chi connectivity index (χ0n) is 18.7. The zero-order valence-corrected chi connectivity index (χ0v) is 18.7. The average molecular weight is 376 g/mol. The summed E-state index contributed by atoms with van der Waals surface area (Å²) in [5.74, 6) is 1.48. The minimum atomic E-state index is 0.473. The van der Waals surface area contributed by atoms with Gasteiger partial charge < -0.3 is 4.57 Å². The van der Waals surface area contributed by atoms with Crippen LogP contribution in [0.1, 0.15) is 81.5 Å². The van der Waals surface area contributed by atoms with Crippen molar-refractivity contribution in [3.63, 3.8) is 0 Å². The second-order valence-corrected chi connectivity index (χ2v) is 8.93. The van der Waals surface area contributed by atoms with Crippen molar-refractivity contribution in [2.45, 2.75) is 66.2 Å². The van der Waals surface area contributed by atoms with E-state index in [2.05, 4.69) is 113 Å². The Morgan fingerprint density at radius 1 is 0.786 bits per heavy atom. The summed E-state index contributed by atoms with van der Waals surface area (Å²) in [5, 5.41) is 0. The lowest BCUT2D eigenvalue weighted by molar-refractivity contribution is -0.661. The Bertz CT molecular complexity index is 948. The Morgan fingerprint density at radius 3 is 1.89 bits per heavy atom. The van der Waals surface area contributed by atoms with Crippen LogP contribution in [0.25, 0.3) is 17.1 Å². The van der Waals surface area contributed by atoms with Crippen LogP contribution < -0.4 is 4.57 Å². The third-order valence-electron chi connectivity index (χ3n) is 5.74. The van der Waals surface area contributed by atoms with Gasteiger partial charge >= 0.3 is 0 Å². The quantitative estimate of drug-likeness (QED) is 0.442. The van der Waals surface area contributed by atoms with E-state index in [9.17, 15) is 0 Å². The second-order valence-electron chi connectivity index (χ2n) is 8.93. The smallest absolute Gasteiger partial charge is 0.229 e. The molecule has 1 aromatic carbocycles. The molecule has 3 aromatic rings. The van der Waals surface area contributed by atoms with Crippen LogP contribution in [-0.2, 0) is 7.05 Å². The maximum atomic E-state index is 2.42. The second kappa shape index (κ2) is 7.95. The number of aromatic nitrogens is 2. The van der Waals surface area contributed by atoms with Crippen molar-refractivity contribution in [2.24, 2.45) is 7.05 Å². The summed E-state index contributed by atoms with van der Waals surface area (Å²) in [4.78, 5) is 0. The standard InChI is InChI=1S/C26H35N2/c1-17(2)21-12-13-24(27(8)16-21)25-20(7)14-15-28(25)26-22(18(3)4)10-9-11-23(26)19(5)6/h9-19H,1-8H3/q+1. The molecule has 2 aromatic heterocycles. The van der Waals surface area contributed by atoms with Gasteiger partial charge in [-0.25, -0.2) is 0 Å². The first-order valence-corrected chi connectivity index (χ1v) is 10.5. The zero-order chi connectivity index (χ0) is 20.6. The van der Waals surface area contributed by atoms with Gasteiger partial charge in [0, 0.05) is 17.8 Å². The van der Waals surface area contributed by atoms with Crippen LogP contribution in [0, 0.1) is 6.92 Å². The number of aryl methyl sites for hydroxylation is 2. The maximum Gasteiger partial charge on any atom is 0.229 e. The SMILES string of the molecule is Cc1ccn(-c2c(C(C)C)cccc2C(C)C)c1-c1ccc(C(C)C)c[n+]1C. The summed E-state index contributed by atoms with van der Waals surface area (Å²) in [7, 11) is 2.16. The number of para-hydroxylation sites is 1. The molecule has 3 rings (SSSR count). The number of hydrogen-bond donors (Lipinski definition) is 0. The Kier molecular flexibility index (Phi) is 5.79. The molecule has 0 unspecified atom stereocenters. The molecule has 2 heterocycles. The minimum Gasteiger partial charge on any atom is -0.311 e. The minimum absolute atomic E-state index is 0.473. The molecule has 0 spiro atoms. The highest BCUT2D eigenvalue weighted by Crippen LogP contribution is 2.35. The van der Waals surface area contributed by atoms with Crippen LogP contribution in [0.4, 0.5) is 0 Å². The number of hydrogen-bond acceptors (Lipinski definition) is 0. The molecule has 0 fully saturated rings. The Morgan fingerprint density at radius 2 is 1.39 bits per heavy atom. The van der Waals surface area contributed by atoms with Crippen molar-refractivity contribution in [1.82, 2.24) is 4.57 Å². The molecule has 0 aliphatic rings. The monoisotopic (exact) mass is 375 g/mol. The third-order valence-corrected chi connectivity index (χ3v) is 5.74. The van der Waals surface area contributed by atoms with E-state index in [-0.39, 0.29) is 0 Å². The number of benzene rings is 1. The van der Waals surface area contributed by atoms with Gasteiger partial charge in [-0.15, -0.1) is 0 Å². The number of nitrogens with zero attached hydrogens (tertiary/aromatic N) is 2. The summed E-state index contributed by atoms with van der Waals surface area (Å²) in [6.45, 7) is 15.9. The molecule has 0 atom stereocenters.